The monoisotopic (exact) mass is 716 g/mol. The van der Waals surface area contributed by atoms with Crippen molar-refractivity contribution in [1.82, 2.24) is 0 Å². The first kappa shape index (κ1) is 37.0. The molecule has 0 aliphatic carbocycles. The minimum absolute atomic E-state index is 0.198. The SMILES string of the molecule is O=[N+]([O-])c1ccc(C=C[Si](CCC(F)(F)F)(O[Si](C=Cc2ccc([N+](=O)[O-])cc2)(CCC(F)(F)F)c2ccccc2)c2ccccc2)cc1. The fourth-order valence-electron chi connectivity index (χ4n) is 5.23. The summed E-state index contributed by atoms with van der Waals surface area (Å²) in [7, 11) is -8.11. The van der Waals surface area contributed by atoms with Gasteiger partial charge in [-0.25, -0.2) is 0 Å². The summed E-state index contributed by atoms with van der Waals surface area (Å²) in [6, 6.07) is 25.6. The highest BCUT2D eigenvalue weighted by Crippen LogP contribution is 2.35. The van der Waals surface area contributed by atoms with E-state index < -0.39 is 63.8 Å². The molecule has 0 amide bonds. The molecular formula is C34H30F6N2O5Si2. The molecule has 0 aromatic heterocycles. The molecule has 0 aliphatic heterocycles. The first-order valence-corrected chi connectivity index (χ1v) is 19.3. The normalized spacial score (nSPS) is 14.8. The Hall–Kier alpha value is -4.87. The average Bonchev–Trinajstić information content (AvgIpc) is 3.07. The highest BCUT2D eigenvalue weighted by Gasteiger charge is 2.48. The third-order valence-electron chi connectivity index (χ3n) is 7.75. The number of nitro benzene ring substituents is 2. The van der Waals surface area contributed by atoms with E-state index in [0.29, 0.717) is 21.5 Å². The van der Waals surface area contributed by atoms with Crippen LogP contribution >= 0.6 is 0 Å². The number of hydrogen-bond acceptors (Lipinski definition) is 5. The molecule has 4 rings (SSSR count). The van der Waals surface area contributed by atoms with Gasteiger partial charge in [-0.05, 0) is 57.9 Å². The molecule has 0 saturated carbocycles. The standard InChI is InChI=1S/C34H30F6N2O5Si2/c35-33(36,37)21-25-48(31-7-3-1-4-8-31,23-19-27-11-15-29(16-12-27)41(43)44)47-49(26-22-34(38,39)40,32-9-5-2-6-10-32)24-20-28-13-17-30(18-14-28)42(45)46/h1-20,23-24H,21-22,25-26H2. The Morgan fingerprint density at radius 3 is 1.16 bits per heavy atom. The molecule has 0 spiro atoms. The molecule has 4 aromatic carbocycles. The quantitative estimate of drug-likeness (QED) is 0.0562. The number of nitro groups is 2. The summed E-state index contributed by atoms with van der Waals surface area (Å²) in [6.45, 7) is 0. The largest absolute Gasteiger partial charge is 0.442 e. The lowest BCUT2D eigenvalue weighted by Gasteiger charge is -2.40. The molecule has 49 heavy (non-hydrogen) atoms. The minimum Gasteiger partial charge on any atom is -0.442 e. The number of nitrogens with zero attached hydrogens (tertiary/aromatic N) is 2. The van der Waals surface area contributed by atoms with Crippen molar-refractivity contribution in [2.75, 3.05) is 0 Å². The van der Waals surface area contributed by atoms with Crippen LogP contribution in [0.25, 0.3) is 12.2 Å². The molecular weight excluding hydrogens is 687 g/mol. The van der Waals surface area contributed by atoms with Crippen molar-refractivity contribution in [3.8, 4) is 0 Å². The molecule has 0 bridgehead atoms. The smallest absolute Gasteiger partial charge is 0.388 e. The van der Waals surface area contributed by atoms with Gasteiger partial charge in [0.1, 0.15) is 0 Å². The zero-order valence-corrected chi connectivity index (χ0v) is 27.7. The maximum atomic E-state index is 14.0. The lowest BCUT2D eigenvalue weighted by atomic mass is 10.2. The number of non-ortho nitro benzene ring substituents is 2. The van der Waals surface area contributed by atoms with Crippen LogP contribution in [-0.4, -0.2) is 38.8 Å². The summed E-state index contributed by atoms with van der Waals surface area (Å²) in [4.78, 5) is 21.2. The van der Waals surface area contributed by atoms with Gasteiger partial charge in [-0.3, -0.25) is 20.2 Å². The van der Waals surface area contributed by atoms with Crippen LogP contribution in [0.2, 0.25) is 12.1 Å². The lowest BCUT2D eigenvalue weighted by molar-refractivity contribution is -0.385. The zero-order chi connectivity index (χ0) is 35.7. The lowest BCUT2D eigenvalue weighted by Crippen LogP contribution is -2.62. The Balaban J connectivity index is 1.97. The molecule has 256 valence electrons. The number of alkyl halides is 6. The van der Waals surface area contributed by atoms with Crippen LogP contribution in [0.1, 0.15) is 24.0 Å². The van der Waals surface area contributed by atoms with Crippen LogP contribution in [0, 0.1) is 20.2 Å². The van der Waals surface area contributed by atoms with Gasteiger partial charge in [0.05, 0.1) is 9.85 Å². The zero-order valence-electron chi connectivity index (χ0n) is 25.7. The predicted octanol–water partition coefficient (Wildman–Crippen LogP) is 8.93. The van der Waals surface area contributed by atoms with Crippen molar-refractivity contribution in [2.24, 2.45) is 0 Å². The third-order valence-corrected chi connectivity index (χ3v) is 16.7. The number of hydrogen-bond donors (Lipinski definition) is 0. The van der Waals surface area contributed by atoms with Gasteiger partial charge >= 0.3 is 12.4 Å². The van der Waals surface area contributed by atoms with Crippen LogP contribution in [0.4, 0.5) is 37.7 Å². The van der Waals surface area contributed by atoms with Crippen LogP contribution in [0.15, 0.2) is 121 Å². The fourth-order valence-corrected chi connectivity index (χ4v) is 15.2. The van der Waals surface area contributed by atoms with E-state index in [0.717, 1.165) is 0 Å². The van der Waals surface area contributed by atoms with Crippen molar-refractivity contribution in [3.63, 3.8) is 0 Å². The summed E-state index contributed by atoms with van der Waals surface area (Å²) in [5.41, 5.74) is 3.45. The summed E-state index contributed by atoms with van der Waals surface area (Å²) in [6.07, 6.45) is -8.85. The van der Waals surface area contributed by atoms with Crippen LogP contribution in [0.3, 0.4) is 0 Å². The Labute approximate surface area is 279 Å². The molecule has 0 aliphatic rings. The van der Waals surface area contributed by atoms with E-state index in [1.165, 1.54) is 72.1 Å². The first-order valence-electron chi connectivity index (χ1n) is 14.9. The summed E-state index contributed by atoms with van der Waals surface area (Å²) in [5, 5.41) is 23.1. The molecule has 2 atom stereocenters. The van der Waals surface area contributed by atoms with Gasteiger partial charge in [0.2, 0.25) is 16.6 Å². The molecule has 0 heterocycles. The maximum absolute atomic E-state index is 14.0. The van der Waals surface area contributed by atoms with E-state index in [2.05, 4.69) is 0 Å². The van der Waals surface area contributed by atoms with Gasteiger partial charge in [-0.2, -0.15) is 26.3 Å². The van der Waals surface area contributed by atoms with Crippen molar-refractivity contribution in [3.05, 3.63) is 152 Å². The molecule has 0 fully saturated rings. The van der Waals surface area contributed by atoms with Gasteiger partial charge < -0.3 is 4.12 Å². The second-order valence-corrected chi connectivity index (χ2v) is 18.4. The van der Waals surface area contributed by atoms with E-state index >= 15 is 0 Å². The number of benzene rings is 4. The Kier molecular flexibility index (Phi) is 11.7. The molecule has 15 heteroatoms. The molecule has 0 radical (unpaired) electrons. The third kappa shape index (κ3) is 10.6. The average molecular weight is 717 g/mol. The molecule has 0 N–H and O–H groups in total. The Morgan fingerprint density at radius 2 is 0.878 bits per heavy atom. The van der Waals surface area contributed by atoms with E-state index in [1.807, 2.05) is 0 Å². The van der Waals surface area contributed by atoms with Crippen LogP contribution < -0.4 is 10.4 Å². The van der Waals surface area contributed by atoms with Crippen LogP contribution in [-0.2, 0) is 4.12 Å². The van der Waals surface area contributed by atoms with Crippen molar-refractivity contribution in [1.29, 1.82) is 0 Å². The topological polar surface area (TPSA) is 95.5 Å². The van der Waals surface area contributed by atoms with Gasteiger partial charge in [0.25, 0.3) is 11.4 Å². The van der Waals surface area contributed by atoms with Gasteiger partial charge in [-0.15, -0.1) is 0 Å². The predicted molar refractivity (Wildman–Crippen MR) is 180 cm³/mol. The Bertz CT molecular complexity index is 1640. The number of rotatable bonds is 14. The minimum atomic E-state index is -4.63. The molecule has 4 aromatic rings. The van der Waals surface area contributed by atoms with E-state index in [9.17, 15) is 46.6 Å². The molecule has 0 saturated heterocycles. The fraction of sp³-hybridized carbons (Fsp3) is 0.176. The highest BCUT2D eigenvalue weighted by molar-refractivity contribution is 7.03. The van der Waals surface area contributed by atoms with Crippen LogP contribution in [0.5, 0.6) is 0 Å². The van der Waals surface area contributed by atoms with Crippen molar-refractivity contribution in [2.45, 2.75) is 37.3 Å². The second-order valence-electron chi connectivity index (χ2n) is 11.2. The summed E-state index contributed by atoms with van der Waals surface area (Å²) >= 11 is 0. The van der Waals surface area contributed by atoms with Crippen molar-refractivity contribution < 1.29 is 40.3 Å². The van der Waals surface area contributed by atoms with E-state index in [4.69, 9.17) is 4.12 Å². The molecule has 2 unspecified atom stereocenters. The van der Waals surface area contributed by atoms with Gasteiger partial charge in [0.15, 0.2) is 0 Å². The number of halogens is 6. The second kappa shape index (κ2) is 15.6. The summed E-state index contributed by atoms with van der Waals surface area (Å²) < 4.78 is 90.9. The maximum Gasteiger partial charge on any atom is 0.388 e. The van der Waals surface area contributed by atoms with Gasteiger partial charge in [0, 0.05) is 37.1 Å². The van der Waals surface area contributed by atoms with Gasteiger partial charge in [-0.1, -0.05) is 84.2 Å². The van der Waals surface area contributed by atoms with E-state index in [-0.39, 0.29) is 11.4 Å². The highest BCUT2D eigenvalue weighted by atomic mass is 28.4. The Morgan fingerprint density at radius 1 is 0.551 bits per heavy atom. The summed E-state index contributed by atoms with van der Waals surface area (Å²) in [5.74, 6) is 0. The van der Waals surface area contributed by atoms with E-state index in [1.54, 1.807) is 60.7 Å². The van der Waals surface area contributed by atoms with Crippen molar-refractivity contribution >= 4 is 50.5 Å². The first-order chi connectivity index (χ1) is 23.1. The molecule has 7 nitrogen and oxygen atoms in total.